The summed E-state index contributed by atoms with van der Waals surface area (Å²) in [6.07, 6.45) is 1.60. The Balaban J connectivity index is 1.26. The Kier molecular flexibility index (Phi) is 5.68. The molecule has 4 rings (SSSR count). The molecule has 1 fully saturated rings. The number of anilines is 1. The first-order valence-electron chi connectivity index (χ1n) is 9.15. The van der Waals surface area contributed by atoms with E-state index in [1.165, 1.54) is 12.1 Å². The monoisotopic (exact) mass is 400 g/mol. The Bertz CT molecular complexity index is 903. The molecular weight excluding hydrogens is 379 g/mol. The van der Waals surface area contributed by atoms with Crippen LogP contribution in [0.4, 0.5) is 9.52 Å². The van der Waals surface area contributed by atoms with Gasteiger partial charge in [-0.25, -0.2) is 9.37 Å². The molecule has 0 spiro atoms. The van der Waals surface area contributed by atoms with Crippen molar-refractivity contribution in [3.05, 3.63) is 59.6 Å². The number of piperazine rings is 1. The maximum atomic E-state index is 13.1. The highest BCUT2D eigenvalue weighted by Crippen LogP contribution is 2.28. The topological polar surface area (TPSA) is 61.6 Å². The number of hydrogen-bond acceptors (Lipinski definition) is 6. The normalized spacial score (nSPS) is 15.0. The number of benzene rings is 1. The highest BCUT2D eigenvalue weighted by molar-refractivity contribution is 7.14. The van der Waals surface area contributed by atoms with Crippen LogP contribution in [-0.2, 0) is 11.3 Å². The zero-order chi connectivity index (χ0) is 19.3. The lowest BCUT2D eigenvalue weighted by atomic mass is 10.2. The van der Waals surface area contributed by atoms with Crippen LogP contribution in [0.3, 0.4) is 0 Å². The lowest BCUT2D eigenvalue weighted by Gasteiger charge is -2.34. The first-order valence-corrected chi connectivity index (χ1v) is 10.0. The van der Waals surface area contributed by atoms with E-state index >= 15 is 0 Å². The van der Waals surface area contributed by atoms with Gasteiger partial charge in [0.25, 0.3) is 0 Å². The van der Waals surface area contributed by atoms with Crippen molar-refractivity contribution in [2.45, 2.75) is 6.54 Å². The van der Waals surface area contributed by atoms with Crippen LogP contribution >= 0.6 is 11.3 Å². The van der Waals surface area contributed by atoms with Gasteiger partial charge in [-0.05, 0) is 36.4 Å². The fourth-order valence-corrected chi connectivity index (χ4v) is 4.01. The predicted octanol–water partition coefficient (Wildman–Crippen LogP) is 2.98. The maximum Gasteiger partial charge on any atom is 0.234 e. The number of thiazole rings is 1. The molecule has 3 heterocycles. The van der Waals surface area contributed by atoms with E-state index in [1.807, 2.05) is 11.4 Å². The summed E-state index contributed by atoms with van der Waals surface area (Å²) in [4.78, 5) is 21.2. The first-order chi connectivity index (χ1) is 13.7. The fraction of sp³-hybridized carbons (Fsp3) is 0.300. The number of rotatable bonds is 6. The van der Waals surface area contributed by atoms with E-state index in [-0.39, 0.29) is 11.7 Å². The smallest absolute Gasteiger partial charge is 0.234 e. The first kappa shape index (κ1) is 18.6. The molecule has 0 aliphatic carbocycles. The molecule has 6 nitrogen and oxygen atoms in total. The fourth-order valence-electron chi connectivity index (χ4n) is 3.12. The number of nitrogens with one attached hydrogen (secondary N) is 1. The second-order valence-corrected chi connectivity index (χ2v) is 7.48. The van der Waals surface area contributed by atoms with E-state index in [2.05, 4.69) is 15.1 Å². The molecule has 0 bridgehead atoms. The van der Waals surface area contributed by atoms with Crippen molar-refractivity contribution < 1.29 is 13.6 Å². The molecule has 0 unspecified atom stereocenters. The van der Waals surface area contributed by atoms with Crippen molar-refractivity contribution >= 4 is 22.4 Å². The third kappa shape index (κ3) is 4.58. The van der Waals surface area contributed by atoms with E-state index in [1.54, 1.807) is 35.8 Å². The van der Waals surface area contributed by atoms with E-state index in [9.17, 15) is 9.18 Å². The number of carbonyl (C=O) groups excluding carboxylic acids is 1. The summed E-state index contributed by atoms with van der Waals surface area (Å²) < 4.78 is 18.3. The molecule has 0 saturated carbocycles. The van der Waals surface area contributed by atoms with Crippen LogP contribution < -0.4 is 10.2 Å². The van der Waals surface area contributed by atoms with Crippen molar-refractivity contribution in [1.82, 2.24) is 15.2 Å². The molecule has 3 aromatic rings. The zero-order valence-corrected chi connectivity index (χ0v) is 16.1. The minimum Gasteiger partial charge on any atom is -0.467 e. The van der Waals surface area contributed by atoms with Crippen LogP contribution in [0.1, 0.15) is 5.76 Å². The largest absolute Gasteiger partial charge is 0.467 e. The average Bonchev–Trinajstić information content (AvgIpc) is 3.40. The minimum absolute atomic E-state index is 0.00213. The van der Waals surface area contributed by atoms with Gasteiger partial charge in [-0.3, -0.25) is 9.69 Å². The Hall–Kier alpha value is -2.71. The van der Waals surface area contributed by atoms with Crippen LogP contribution in [0.15, 0.2) is 52.5 Å². The zero-order valence-electron chi connectivity index (χ0n) is 15.3. The number of nitrogens with zero attached hydrogens (tertiary/aromatic N) is 3. The molecule has 28 heavy (non-hydrogen) atoms. The number of hydrogen-bond donors (Lipinski definition) is 1. The van der Waals surface area contributed by atoms with Crippen LogP contribution in [-0.4, -0.2) is 48.5 Å². The highest BCUT2D eigenvalue weighted by atomic mass is 32.1. The lowest BCUT2D eigenvalue weighted by molar-refractivity contribution is -0.122. The maximum absolute atomic E-state index is 13.1. The molecule has 1 aliphatic rings. The number of carbonyl (C=O) groups is 1. The number of furan rings is 1. The van der Waals surface area contributed by atoms with E-state index < -0.39 is 0 Å². The molecule has 0 radical (unpaired) electrons. The van der Waals surface area contributed by atoms with Crippen molar-refractivity contribution in [3.8, 4) is 11.3 Å². The third-order valence-electron chi connectivity index (χ3n) is 4.68. The SMILES string of the molecule is O=C(CN1CCN(c2nc(-c3ccc(F)cc3)cs2)CC1)NCc1ccco1. The summed E-state index contributed by atoms with van der Waals surface area (Å²) in [6, 6.07) is 10.0. The molecule has 8 heteroatoms. The van der Waals surface area contributed by atoms with Gasteiger partial charge in [0.05, 0.1) is 25.0 Å². The summed E-state index contributed by atoms with van der Waals surface area (Å²) in [5, 5.41) is 5.83. The number of halogens is 1. The van der Waals surface area contributed by atoms with Gasteiger partial charge in [-0.2, -0.15) is 0 Å². The summed E-state index contributed by atoms with van der Waals surface area (Å²) >= 11 is 1.59. The molecule has 1 amide bonds. The Morgan fingerprint density at radius 1 is 1.18 bits per heavy atom. The van der Waals surface area contributed by atoms with Gasteiger partial charge in [0, 0.05) is 37.1 Å². The molecule has 146 valence electrons. The lowest BCUT2D eigenvalue weighted by Crippen LogP contribution is -2.49. The van der Waals surface area contributed by atoms with Gasteiger partial charge in [0.1, 0.15) is 11.6 Å². The van der Waals surface area contributed by atoms with Crippen molar-refractivity contribution in [1.29, 1.82) is 0 Å². The molecule has 1 N–H and O–H groups in total. The van der Waals surface area contributed by atoms with E-state index in [0.29, 0.717) is 13.1 Å². The summed E-state index contributed by atoms with van der Waals surface area (Å²) in [5.41, 5.74) is 1.77. The van der Waals surface area contributed by atoms with Gasteiger partial charge < -0.3 is 14.6 Å². The molecule has 1 saturated heterocycles. The van der Waals surface area contributed by atoms with Gasteiger partial charge in [-0.1, -0.05) is 0 Å². The van der Waals surface area contributed by atoms with Crippen LogP contribution in [0.5, 0.6) is 0 Å². The molecule has 0 atom stereocenters. The molecule has 1 aliphatic heterocycles. The summed E-state index contributed by atoms with van der Waals surface area (Å²) in [6.45, 7) is 4.05. The van der Waals surface area contributed by atoms with E-state index in [4.69, 9.17) is 9.40 Å². The Morgan fingerprint density at radius 3 is 2.68 bits per heavy atom. The standard InChI is InChI=1S/C20H21FN4O2S/c21-16-5-3-15(4-6-16)18-14-28-20(23-18)25-9-7-24(8-10-25)13-19(26)22-12-17-2-1-11-27-17/h1-6,11,14H,7-10,12-13H2,(H,22,26). The molecular formula is C20H21FN4O2S. The van der Waals surface area contributed by atoms with Gasteiger partial charge in [0.15, 0.2) is 5.13 Å². The Morgan fingerprint density at radius 2 is 1.96 bits per heavy atom. The summed E-state index contributed by atoms with van der Waals surface area (Å²) in [7, 11) is 0. The average molecular weight is 400 g/mol. The third-order valence-corrected chi connectivity index (χ3v) is 5.58. The van der Waals surface area contributed by atoms with Crippen molar-refractivity contribution in [2.75, 3.05) is 37.6 Å². The minimum atomic E-state index is -0.247. The van der Waals surface area contributed by atoms with Gasteiger partial charge in [-0.15, -0.1) is 11.3 Å². The second-order valence-electron chi connectivity index (χ2n) is 6.64. The molecule has 1 aromatic carbocycles. The Labute approximate surface area is 166 Å². The van der Waals surface area contributed by atoms with Crippen molar-refractivity contribution in [2.24, 2.45) is 0 Å². The van der Waals surface area contributed by atoms with E-state index in [0.717, 1.165) is 48.3 Å². The number of aromatic nitrogens is 1. The van der Waals surface area contributed by atoms with Crippen LogP contribution in [0.25, 0.3) is 11.3 Å². The van der Waals surface area contributed by atoms with Gasteiger partial charge in [0.2, 0.25) is 5.91 Å². The summed E-state index contributed by atoms with van der Waals surface area (Å²) in [5.74, 6) is 0.500. The van der Waals surface area contributed by atoms with Crippen molar-refractivity contribution in [3.63, 3.8) is 0 Å². The van der Waals surface area contributed by atoms with Gasteiger partial charge >= 0.3 is 0 Å². The highest BCUT2D eigenvalue weighted by Gasteiger charge is 2.21. The van der Waals surface area contributed by atoms with Crippen LogP contribution in [0, 0.1) is 5.82 Å². The second kappa shape index (κ2) is 8.53. The predicted molar refractivity (Wildman–Crippen MR) is 107 cm³/mol. The quantitative estimate of drug-likeness (QED) is 0.689. The number of amides is 1. The van der Waals surface area contributed by atoms with Crippen LogP contribution in [0.2, 0.25) is 0 Å². The molecule has 2 aromatic heterocycles.